The molecular formula is C19H27NO3. The Bertz CT molecular complexity index is 513. The highest BCUT2D eigenvalue weighted by Crippen LogP contribution is 2.37. The van der Waals surface area contributed by atoms with Crippen molar-refractivity contribution >= 4 is 5.91 Å². The first kappa shape index (κ1) is 16.5. The van der Waals surface area contributed by atoms with Gasteiger partial charge in [0.1, 0.15) is 6.61 Å². The van der Waals surface area contributed by atoms with E-state index < -0.39 is 0 Å². The van der Waals surface area contributed by atoms with Crippen molar-refractivity contribution in [2.75, 3.05) is 19.8 Å². The van der Waals surface area contributed by atoms with Crippen molar-refractivity contribution in [1.29, 1.82) is 0 Å². The molecule has 0 N–H and O–H groups in total. The zero-order valence-electron chi connectivity index (χ0n) is 14.1. The third-order valence-electron chi connectivity index (χ3n) is 5.16. The summed E-state index contributed by atoms with van der Waals surface area (Å²) in [6, 6.07) is 11.0. The smallest absolute Gasteiger partial charge is 0.249 e. The minimum absolute atomic E-state index is 0.0985. The Morgan fingerprint density at radius 3 is 2.78 bits per heavy atom. The molecule has 0 unspecified atom stereocenters. The second kappa shape index (κ2) is 7.45. The summed E-state index contributed by atoms with van der Waals surface area (Å²) in [6.45, 7) is 5.80. The van der Waals surface area contributed by atoms with Crippen LogP contribution in [0, 0.1) is 0 Å². The topological polar surface area (TPSA) is 38.8 Å². The highest BCUT2D eigenvalue weighted by Gasteiger charge is 2.39. The van der Waals surface area contributed by atoms with Crippen molar-refractivity contribution < 1.29 is 14.3 Å². The summed E-state index contributed by atoms with van der Waals surface area (Å²) in [5.74, 6) is 0.509. The van der Waals surface area contributed by atoms with Gasteiger partial charge in [0, 0.05) is 24.6 Å². The van der Waals surface area contributed by atoms with E-state index in [1.54, 1.807) is 0 Å². The number of hydrogen-bond donors (Lipinski definition) is 0. The van der Waals surface area contributed by atoms with Crippen LogP contribution in [0.1, 0.15) is 44.6 Å². The van der Waals surface area contributed by atoms with Crippen LogP contribution in [0.25, 0.3) is 0 Å². The minimum atomic E-state index is 0.0985. The lowest BCUT2D eigenvalue weighted by atomic mass is 9.92. The fourth-order valence-corrected chi connectivity index (χ4v) is 3.99. The molecule has 0 radical (unpaired) electrons. The van der Waals surface area contributed by atoms with E-state index in [-0.39, 0.29) is 30.7 Å². The Morgan fingerprint density at radius 2 is 2.09 bits per heavy atom. The van der Waals surface area contributed by atoms with Crippen LogP contribution in [0.2, 0.25) is 0 Å². The fraction of sp³-hybridized carbons (Fsp3) is 0.632. The van der Waals surface area contributed by atoms with Crippen molar-refractivity contribution in [2.24, 2.45) is 0 Å². The molecule has 0 bridgehead atoms. The van der Waals surface area contributed by atoms with Crippen LogP contribution < -0.4 is 0 Å². The van der Waals surface area contributed by atoms with Crippen molar-refractivity contribution in [1.82, 2.24) is 4.90 Å². The lowest BCUT2D eigenvalue weighted by Crippen LogP contribution is -2.42. The van der Waals surface area contributed by atoms with Crippen LogP contribution in [-0.2, 0) is 14.3 Å². The minimum Gasteiger partial charge on any atom is -0.376 e. The number of carbonyl (C=O) groups excluding carboxylic acids is 1. The Kier molecular flexibility index (Phi) is 5.34. The Labute approximate surface area is 138 Å². The maximum Gasteiger partial charge on any atom is 0.249 e. The van der Waals surface area contributed by atoms with Gasteiger partial charge in [0.2, 0.25) is 5.91 Å². The zero-order valence-corrected chi connectivity index (χ0v) is 14.1. The van der Waals surface area contributed by atoms with Gasteiger partial charge in [0.15, 0.2) is 0 Å². The molecule has 2 heterocycles. The molecule has 0 spiro atoms. The molecule has 23 heavy (non-hydrogen) atoms. The maximum atomic E-state index is 12.6. The van der Waals surface area contributed by atoms with Gasteiger partial charge in [-0.05, 0) is 38.7 Å². The maximum absolute atomic E-state index is 12.6. The predicted molar refractivity (Wildman–Crippen MR) is 89.4 cm³/mol. The first-order chi connectivity index (χ1) is 11.2. The van der Waals surface area contributed by atoms with E-state index in [9.17, 15) is 4.79 Å². The van der Waals surface area contributed by atoms with E-state index in [4.69, 9.17) is 9.47 Å². The van der Waals surface area contributed by atoms with Crippen LogP contribution in [0.3, 0.4) is 0 Å². The number of nitrogens with zero attached hydrogens (tertiary/aromatic N) is 1. The highest BCUT2D eigenvalue weighted by atomic mass is 16.5. The third-order valence-corrected chi connectivity index (χ3v) is 5.16. The van der Waals surface area contributed by atoms with Crippen molar-refractivity contribution in [3.63, 3.8) is 0 Å². The van der Waals surface area contributed by atoms with E-state index in [1.807, 2.05) is 11.0 Å². The SMILES string of the molecule is C[C@@H]1C[C@H](c2ccccc2)[C@@H](C)N1C(=O)COC[C@H]1CCCO1. The van der Waals surface area contributed by atoms with Gasteiger partial charge in [-0.2, -0.15) is 0 Å². The summed E-state index contributed by atoms with van der Waals surface area (Å²) < 4.78 is 11.1. The average molecular weight is 317 g/mol. The summed E-state index contributed by atoms with van der Waals surface area (Å²) in [4.78, 5) is 14.6. The molecule has 0 aromatic heterocycles. The molecule has 4 nitrogen and oxygen atoms in total. The van der Waals surface area contributed by atoms with Crippen LogP contribution in [0.5, 0.6) is 0 Å². The Hall–Kier alpha value is -1.39. The molecule has 4 heteroatoms. The molecule has 2 aliphatic heterocycles. The van der Waals surface area contributed by atoms with E-state index in [0.29, 0.717) is 12.5 Å². The summed E-state index contributed by atoms with van der Waals surface area (Å²) >= 11 is 0. The summed E-state index contributed by atoms with van der Waals surface area (Å²) in [5, 5.41) is 0. The summed E-state index contributed by atoms with van der Waals surface area (Å²) in [6.07, 6.45) is 3.33. The Morgan fingerprint density at radius 1 is 1.30 bits per heavy atom. The normalized spacial score (nSPS) is 30.8. The van der Waals surface area contributed by atoms with E-state index in [2.05, 4.69) is 38.1 Å². The quantitative estimate of drug-likeness (QED) is 0.838. The van der Waals surface area contributed by atoms with E-state index >= 15 is 0 Å². The van der Waals surface area contributed by atoms with Gasteiger partial charge in [0.25, 0.3) is 0 Å². The van der Waals surface area contributed by atoms with Crippen LogP contribution >= 0.6 is 0 Å². The van der Waals surface area contributed by atoms with Crippen molar-refractivity contribution in [3.05, 3.63) is 35.9 Å². The van der Waals surface area contributed by atoms with Gasteiger partial charge in [-0.15, -0.1) is 0 Å². The van der Waals surface area contributed by atoms with E-state index in [0.717, 1.165) is 25.9 Å². The first-order valence-corrected chi connectivity index (χ1v) is 8.72. The van der Waals surface area contributed by atoms with Gasteiger partial charge < -0.3 is 14.4 Å². The van der Waals surface area contributed by atoms with Gasteiger partial charge >= 0.3 is 0 Å². The van der Waals surface area contributed by atoms with Gasteiger partial charge in [-0.1, -0.05) is 30.3 Å². The molecule has 2 saturated heterocycles. The predicted octanol–water partition coefficient (Wildman–Crippen LogP) is 2.98. The first-order valence-electron chi connectivity index (χ1n) is 8.72. The molecule has 126 valence electrons. The average Bonchev–Trinajstić information content (AvgIpc) is 3.16. The van der Waals surface area contributed by atoms with Gasteiger partial charge in [0.05, 0.1) is 12.7 Å². The molecular weight excluding hydrogens is 290 g/mol. The van der Waals surface area contributed by atoms with Crippen LogP contribution in [0.15, 0.2) is 30.3 Å². The zero-order chi connectivity index (χ0) is 16.2. The number of ether oxygens (including phenoxy) is 2. The highest BCUT2D eigenvalue weighted by molar-refractivity contribution is 5.78. The lowest BCUT2D eigenvalue weighted by molar-refractivity contribution is -0.139. The molecule has 2 aliphatic rings. The van der Waals surface area contributed by atoms with Crippen LogP contribution in [0.4, 0.5) is 0 Å². The number of amides is 1. The molecule has 0 saturated carbocycles. The number of carbonyl (C=O) groups is 1. The van der Waals surface area contributed by atoms with Gasteiger partial charge in [-0.25, -0.2) is 0 Å². The number of likely N-dealkylation sites (tertiary alicyclic amines) is 1. The summed E-state index contributed by atoms with van der Waals surface area (Å²) in [7, 11) is 0. The molecule has 0 aliphatic carbocycles. The Balaban J connectivity index is 1.55. The standard InChI is InChI=1S/C19H27NO3/c1-14-11-18(16-7-4-3-5-8-16)15(2)20(14)19(21)13-22-12-17-9-6-10-23-17/h3-5,7-8,14-15,17-18H,6,9-13H2,1-2H3/t14-,15-,17-,18+/m1/s1. The lowest BCUT2D eigenvalue weighted by Gasteiger charge is -2.28. The fourth-order valence-electron chi connectivity index (χ4n) is 3.99. The molecule has 2 fully saturated rings. The second-order valence-corrected chi connectivity index (χ2v) is 6.79. The number of rotatable bonds is 5. The molecule has 1 aromatic carbocycles. The van der Waals surface area contributed by atoms with E-state index in [1.165, 1.54) is 5.56 Å². The van der Waals surface area contributed by atoms with Gasteiger partial charge in [-0.3, -0.25) is 4.79 Å². The second-order valence-electron chi connectivity index (χ2n) is 6.79. The molecule has 1 amide bonds. The van der Waals surface area contributed by atoms with Crippen molar-refractivity contribution in [2.45, 2.75) is 57.2 Å². The number of benzene rings is 1. The van der Waals surface area contributed by atoms with Crippen LogP contribution in [-0.4, -0.2) is 48.8 Å². The summed E-state index contributed by atoms with van der Waals surface area (Å²) in [5.41, 5.74) is 1.32. The largest absolute Gasteiger partial charge is 0.376 e. The van der Waals surface area contributed by atoms with Crippen molar-refractivity contribution in [3.8, 4) is 0 Å². The third kappa shape index (κ3) is 3.75. The molecule has 1 aromatic rings. The number of hydrogen-bond acceptors (Lipinski definition) is 3. The monoisotopic (exact) mass is 317 g/mol. The molecule has 3 rings (SSSR count). The molecule has 4 atom stereocenters.